The first-order chi connectivity index (χ1) is 8.15. The van der Waals surface area contributed by atoms with Crippen LogP contribution in [0.15, 0.2) is 18.2 Å². The van der Waals surface area contributed by atoms with Crippen LogP contribution in [0.4, 0.5) is 5.82 Å². The number of carboxylic acid groups (broad SMARTS) is 1. The van der Waals surface area contributed by atoms with Gasteiger partial charge in [-0.05, 0) is 18.6 Å². The van der Waals surface area contributed by atoms with Crippen molar-refractivity contribution in [3.8, 4) is 6.07 Å². The zero-order chi connectivity index (χ0) is 12.7. The second-order valence-electron chi connectivity index (χ2n) is 3.75. The SMILES string of the molecule is CCCC(CC(=O)O)Nc1cccc(C#N)n1. The number of hydrogen-bond donors (Lipinski definition) is 2. The van der Waals surface area contributed by atoms with Crippen molar-refractivity contribution in [2.24, 2.45) is 0 Å². The molecule has 1 aromatic heterocycles. The first-order valence-corrected chi connectivity index (χ1v) is 5.51. The molecule has 1 rings (SSSR count). The summed E-state index contributed by atoms with van der Waals surface area (Å²) < 4.78 is 0. The van der Waals surface area contributed by atoms with Crippen LogP contribution in [0.3, 0.4) is 0 Å². The molecule has 0 spiro atoms. The van der Waals surface area contributed by atoms with Crippen LogP contribution in [0.5, 0.6) is 0 Å². The zero-order valence-electron chi connectivity index (χ0n) is 9.68. The molecule has 2 N–H and O–H groups in total. The fourth-order valence-electron chi connectivity index (χ4n) is 1.57. The number of aromatic nitrogens is 1. The molecule has 17 heavy (non-hydrogen) atoms. The number of rotatable bonds is 6. The van der Waals surface area contributed by atoms with Crippen molar-refractivity contribution in [3.05, 3.63) is 23.9 Å². The van der Waals surface area contributed by atoms with E-state index in [4.69, 9.17) is 10.4 Å². The van der Waals surface area contributed by atoms with E-state index in [1.807, 2.05) is 13.0 Å². The third kappa shape index (κ3) is 4.51. The molecule has 0 bridgehead atoms. The number of hydrogen-bond acceptors (Lipinski definition) is 4. The summed E-state index contributed by atoms with van der Waals surface area (Å²) in [7, 11) is 0. The average molecular weight is 233 g/mol. The van der Waals surface area contributed by atoms with Crippen LogP contribution in [0, 0.1) is 11.3 Å². The average Bonchev–Trinajstić information content (AvgIpc) is 2.29. The van der Waals surface area contributed by atoms with E-state index in [-0.39, 0.29) is 12.5 Å². The lowest BCUT2D eigenvalue weighted by Gasteiger charge is -2.16. The Bertz CT molecular complexity index is 426. The highest BCUT2D eigenvalue weighted by atomic mass is 16.4. The number of aliphatic carboxylic acids is 1. The maximum absolute atomic E-state index is 10.7. The van der Waals surface area contributed by atoms with Crippen molar-refractivity contribution in [2.75, 3.05) is 5.32 Å². The highest BCUT2D eigenvalue weighted by Crippen LogP contribution is 2.11. The summed E-state index contributed by atoms with van der Waals surface area (Å²) in [6.07, 6.45) is 1.69. The van der Waals surface area contributed by atoms with Gasteiger partial charge >= 0.3 is 5.97 Å². The standard InChI is InChI=1S/C12H15N3O2/c1-2-4-9(7-12(16)17)14-11-6-3-5-10(8-13)15-11/h3,5-6,9H,2,4,7H2,1H3,(H,14,15)(H,16,17). The van der Waals surface area contributed by atoms with Gasteiger partial charge < -0.3 is 10.4 Å². The molecule has 90 valence electrons. The first kappa shape index (κ1) is 13.0. The van der Waals surface area contributed by atoms with Gasteiger partial charge in [0.25, 0.3) is 0 Å². The van der Waals surface area contributed by atoms with Gasteiger partial charge in [-0.25, -0.2) is 4.98 Å². The van der Waals surface area contributed by atoms with Gasteiger partial charge in [0.2, 0.25) is 0 Å². The van der Waals surface area contributed by atoms with E-state index >= 15 is 0 Å². The van der Waals surface area contributed by atoms with Crippen molar-refractivity contribution in [3.63, 3.8) is 0 Å². The van der Waals surface area contributed by atoms with Crippen LogP contribution in [-0.2, 0) is 4.79 Å². The Morgan fingerprint density at radius 1 is 1.65 bits per heavy atom. The molecule has 0 aliphatic heterocycles. The first-order valence-electron chi connectivity index (χ1n) is 5.51. The molecule has 1 unspecified atom stereocenters. The van der Waals surface area contributed by atoms with E-state index < -0.39 is 5.97 Å². The minimum Gasteiger partial charge on any atom is -0.481 e. The second-order valence-corrected chi connectivity index (χ2v) is 3.75. The van der Waals surface area contributed by atoms with Crippen molar-refractivity contribution in [1.29, 1.82) is 5.26 Å². The smallest absolute Gasteiger partial charge is 0.305 e. The molecule has 0 aliphatic carbocycles. The predicted octanol–water partition coefficient (Wildman–Crippen LogP) is 2.01. The van der Waals surface area contributed by atoms with Crippen LogP contribution < -0.4 is 5.32 Å². The molecule has 1 heterocycles. The summed E-state index contributed by atoms with van der Waals surface area (Å²) in [5.74, 6) is -0.295. The number of pyridine rings is 1. The van der Waals surface area contributed by atoms with Crippen molar-refractivity contribution >= 4 is 11.8 Å². The number of anilines is 1. The zero-order valence-corrected chi connectivity index (χ0v) is 9.68. The fraction of sp³-hybridized carbons (Fsp3) is 0.417. The van der Waals surface area contributed by atoms with Crippen LogP contribution >= 0.6 is 0 Å². The molecule has 0 radical (unpaired) electrons. The third-order valence-electron chi connectivity index (χ3n) is 2.27. The summed E-state index contributed by atoms with van der Waals surface area (Å²) in [6, 6.07) is 6.85. The normalized spacial score (nSPS) is 11.5. The van der Waals surface area contributed by atoms with E-state index in [1.165, 1.54) is 0 Å². The topological polar surface area (TPSA) is 86.0 Å². The molecule has 0 aromatic carbocycles. The Labute approximate surface area is 100 Å². The Balaban J connectivity index is 2.71. The number of carboxylic acids is 1. The van der Waals surface area contributed by atoms with Gasteiger partial charge in [0.1, 0.15) is 17.6 Å². The maximum atomic E-state index is 10.7. The fourth-order valence-corrected chi connectivity index (χ4v) is 1.57. The van der Waals surface area contributed by atoms with Crippen LogP contribution in [0.25, 0.3) is 0 Å². The molecule has 1 atom stereocenters. The number of nitriles is 1. The summed E-state index contributed by atoms with van der Waals surface area (Å²) in [5.41, 5.74) is 0.320. The molecule has 0 aliphatic rings. The quantitative estimate of drug-likeness (QED) is 0.784. The molecular weight excluding hydrogens is 218 g/mol. The van der Waals surface area contributed by atoms with E-state index in [0.29, 0.717) is 11.5 Å². The van der Waals surface area contributed by atoms with Crippen LogP contribution in [0.2, 0.25) is 0 Å². The molecule has 5 nitrogen and oxygen atoms in total. The number of nitrogens with zero attached hydrogens (tertiary/aromatic N) is 2. The lowest BCUT2D eigenvalue weighted by atomic mass is 10.1. The molecule has 0 fully saturated rings. The van der Waals surface area contributed by atoms with Crippen molar-refractivity contribution in [1.82, 2.24) is 4.98 Å². The number of nitrogens with one attached hydrogen (secondary N) is 1. The summed E-state index contributed by atoms with van der Waals surface area (Å²) in [5, 5.41) is 20.5. The monoisotopic (exact) mass is 233 g/mol. The lowest BCUT2D eigenvalue weighted by Crippen LogP contribution is -2.23. The van der Waals surface area contributed by atoms with Gasteiger partial charge in [-0.1, -0.05) is 19.4 Å². The van der Waals surface area contributed by atoms with E-state index in [1.54, 1.807) is 18.2 Å². The van der Waals surface area contributed by atoms with E-state index in [0.717, 1.165) is 12.8 Å². The maximum Gasteiger partial charge on any atom is 0.305 e. The van der Waals surface area contributed by atoms with Gasteiger partial charge in [-0.3, -0.25) is 4.79 Å². The van der Waals surface area contributed by atoms with Gasteiger partial charge in [0, 0.05) is 6.04 Å². The molecule has 1 aromatic rings. The highest BCUT2D eigenvalue weighted by molar-refractivity contribution is 5.68. The molecule has 0 saturated heterocycles. The van der Waals surface area contributed by atoms with E-state index in [2.05, 4.69) is 10.3 Å². The van der Waals surface area contributed by atoms with Crippen molar-refractivity contribution < 1.29 is 9.90 Å². The van der Waals surface area contributed by atoms with Crippen molar-refractivity contribution in [2.45, 2.75) is 32.2 Å². The van der Waals surface area contributed by atoms with Crippen LogP contribution in [0.1, 0.15) is 31.9 Å². The van der Waals surface area contributed by atoms with Gasteiger partial charge in [0.15, 0.2) is 0 Å². The summed E-state index contributed by atoms with van der Waals surface area (Å²) in [4.78, 5) is 14.7. The second kappa shape index (κ2) is 6.48. The van der Waals surface area contributed by atoms with Crippen LogP contribution in [-0.4, -0.2) is 22.1 Å². The Morgan fingerprint density at radius 2 is 2.41 bits per heavy atom. The largest absolute Gasteiger partial charge is 0.481 e. The Kier molecular flexibility index (Phi) is 4.95. The van der Waals surface area contributed by atoms with Gasteiger partial charge in [-0.2, -0.15) is 5.26 Å². The number of carbonyl (C=O) groups is 1. The summed E-state index contributed by atoms with van der Waals surface area (Å²) in [6.45, 7) is 2.00. The molecular formula is C12H15N3O2. The summed E-state index contributed by atoms with van der Waals surface area (Å²) >= 11 is 0. The van der Waals surface area contributed by atoms with E-state index in [9.17, 15) is 4.79 Å². The molecule has 0 saturated carbocycles. The third-order valence-corrected chi connectivity index (χ3v) is 2.27. The lowest BCUT2D eigenvalue weighted by molar-refractivity contribution is -0.137. The Hall–Kier alpha value is -2.09. The predicted molar refractivity (Wildman–Crippen MR) is 63.5 cm³/mol. The van der Waals surface area contributed by atoms with Gasteiger partial charge in [-0.15, -0.1) is 0 Å². The van der Waals surface area contributed by atoms with Gasteiger partial charge in [0.05, 0.1) is 6.42 Å². The minimum absolute atomic E-state index is 0.0479. The highest BCUT2D eigenvalue weighted by Gasteiger charge is 2.12. The molecule has 5 heteroatoms. The minimum atomic E-state index is -0.840. The molecule has 0 amide bonds. The Morgan fingerprint density at radius 3 is 3.00 bits per heavy atom.